The van der Waals surface area contributed by atoms with Crippen molar-refractivity contribution in [3.05, 3.63) is 99.4 Å². The Morgan fingerprint density at radius 3 is 2.63 bits per heavy atom. The average Bonchev–Trinajstić information content (AvgIpc) is 2.76. The Kier molecular flexibility index (Phi) is 6.40. The molecule has 0 unspecified atom stereocenters. The van der Waals surface area contributed by atoms with Crippen LogP contribution in [0.25, 0.3) is 11.6 Å². The van der Waals surface area contributed by atoms with E-state index in [-0.39, 0.29) is 23.7 Å². The molecule has 3 aromatic rings. The van der Waals surface area contributed by atoms with Gasteiger partial charge in [-0.05, 0) is 47.0 Å². The summed E-state index contributed by atoms with van der Waals surface area (Å²) < 4.78 is 24.4. The van der Waals surface area contributed by atoms with E-state index in [0.29, 0.717) is 28.2 Å². The molecule has 0 aliphatic heterocycles. The molecule has 6 nitrogen and oxygen atoms in total. The fraction of sp³-hybridized carbons (Fsp3) is 0.0870. The fourth-order valence-corrected chi connectivity index (χ4v) is 2.81. The van der Waals surface area contributed by atoms with Crippen molar-refractivity contribution in [2.24, 2.45) is 0 Å². The topological polar surface area (TPSA) is 85.4 Å². The van der Waals surface area contributed by atoms with Crippen molar-refractivity contribution in [2.45, 2.75) is 6.61 Å². The largest absolute Gasteiger partial charge is 0.493 e. The summed E-state index contributed by atoms with van der Waals surface area (Å²) in [5, 5.41) is 20.5. The minimum absolute atomic E-state index is 0.0904. The first-order valence-electron chi connectivity index (χ1n) is 8.92. The summed E-state index contributed by atoms with van der Waals surface area (Å²) in [6.07, 6.45) is 1.61. The molecule has 0 amide bonds. The highest BCUT2D eigenvalue weighted by molar-refractivity contribution is 5.90. The summed E-state index contributed by atoms with van der Waals surface area (Å²) in [7, 11) is 1.49. The standard InChI is InChI=1S/C23H17FN2O4/c1-29-23-12-16(8-9-22(23)30-15-17-4-2-6-20(24)11-17)10-19(14-25)18-5-3-7-21(13-18)26(27)28/h2-13H,15H2,1H3. The first-order valence-corrected chi connectivity index (χ1v) is 8.92. The molecule has 3 rings (SSSR count). The zero-order valence-corrected chi connectivity index (χ0v) is 16.0. The average molecular weight is 404 g/mol. The highest BCUT2D eigenvalue weighted by Crippen LogP contribution is 2.31. The van der Waals surface area contributed by atoms with Gasteiger partial charge in [0, 0.05) is 12.1 Å². The minimum Gasteiger partial charge on any atom is -0.493 e. The molecule has 0 aliphatic rings. The first kappa shape index (κ1) is 20.6. The summed E-state index contributed by atoms with van der Waals surface area (Å²) in [6.45, 7) is 0.167. The number of benzene rings is 3. The van der Waals surface area contributed by atoms with Crippen molar-refractivity contribution in [2.75, 3.05) is 7.11 Å². The third-order valence-electron chi connectivity index (χ3n) is 4.27. The van der Waals surface area contributed by atoms with Crippen molar-refractivity contribution in [3.63, 3.8) is 0 Å². The van der Waals surface area contributed by atoms with Crippen molar-refractivity contribution < 1.29 is 18.8 Å². The summed E-state index contributed by atoms with van der Waals surface area (Å²) in [4.78, 5) is 10.5. The number of nitro groups is 1. The Morgan fingerprint density at radius 1 is 1.13 bits per heavy atom. The maximum Gasteiger partial charge on any atom is 0.270 e. The van der Waals surface area contributed by atoms with E-state index >= 15 is 0 Å². The molecule has 0 saturated heterocycles. The number of hydrogen-bond donors (Lipinski definition) is 0. The molecule has 3 aromatic carbocycles. The van der Waals surface area contributed by atoms with E-state index < -0.39 is 4.92 Å². The van der Waals surface area contributed by atoms with Gasteiger partial charge in [-0.25, -0.2) is 4.39 Å². The lowest BCUT2D eigenvalue weighted by atomic mass is 10.0. The van der Waals surface area contributed by atoms with E-state index in [1.807, 2.05) is 0 Å². The maximum atomic E-state index is 13.3. The third-order valence-corrected chi connectivity index (χ3v) is 4.27. The summed E-state index contributed by atoms with van der Waals surface area (Å²) >= 11 is 0. The maximum absolute atomic E-state index is 13.3. The summed E-state index contributed by atoms with van der Waals surface area (Å²) in [5.41, 5.74) is 1.96. The zero-order valence-electron chi connectivity index (χ0n) is 16.0. The highest BCUT2D eigenvalue weighted by atomic mass is 19.1. The van der Waals surface area contributed by atoms with Crippen LogP contribution in [0.1, 0.15) is 16.7 Å². The van der Waals surface area contributed by atoms with Gasteiger partial charge in [0.25, 0.3) is 5.69 Å². The van der Waals surface area contributed by atoms with Gasteiger partial charge < -0.3 is 9.47 Å². The monoisotopic (exact) mass is 404 g/mol. The van der Waals surface area contributed by atoms with Crippen LogP contribution < -0.4 is 9.47 Å². The second-order valence-electron chi connectivity index (χ2n) is 6.31. The van der Waals surface area contributed by atoms with E-state index in [0.717, 1.165) is 0 Å². The van der Waals surface area contributed by atoms with E-state index in [2.05, 4.69) is 6.07 Å². The van der Waals surface area contributed by atoms with Crippen LogP contribution in [-0.4, -0.2) is 12.0 Å². The second kappa shape index (κ2) is 9.34. The number of hydrogen-bond acceptors (Lipinski definition) is 5. The molecule has 0 fully saturated rings. The van der Waals surface area contributed by atoms with Crippen LogP contribution in [0.3, 0.4) is 0 Å². The number of allylic oxidation sites excluding steroid dienone is 1. The lowest BCUT2D eigenvalue weighted by Crippen LogP contribution is -1.98. The van der Waals surface area contributed by atoms with E-state index in [1.165, 1.54) is 37.4 Å². The fourth-order valence-electron chi connectivity index (χ4n) is 2.81. The van der Waals surface area contributed by atoms with E-state index in [1.54, 1.807) is 42.5 Å². The van der Waals surface area contributed by atoms with Gasteiger partial charge in [0.1, 0.15) is 12.4 Å². The minimum atomic E-state index is -0.508. The van der Waals surface area contributed by atoms with Crippen LogP contribution >= 0.6 is 0 Å². The van der Waals surface area contributed by atoms with Crippen LogP contribution in [0.4, 0.5) is 10.1 Å². The van der Waals surface area contributed by atoms with Crippen LogP contribution in [0, 0.1) is 27.3 Å². The van der Waals surface area contributed by atoms with E-state index in [9.17, 15) is 19.8 Å². The van der Waals surface area contributed by atoms with E-state index in [4.69, 9.17) is 9.47 Å². The number of non-ortho nitro benzene ring substituents is 1. The highest BCUT2D eigenvalue weighted by Gasteiger charge is 2.10. The van der Waals surface area contributed by atoms with Crippen molar-refractivity contribution in [1.29, 1.82) is 5.26 Å². The number of nitro benzene ring substituents is 1. The lowest BCUT2D eigenvalue weighted by molar-refractivity contribution is -0.384. The first-order chi connectivity index (χ1) is 14.5. The number of ether oxygens (including phenoxy) is 2. The Bertz CT molecular complexity index is 1150. The SMILES string of the molecule is COc1cc(C=C(C#N)c2cccc([N+](=O)[O-])c2)ccc1OCc1cccc(F)c1. The van der Waals surface area contributed by atoms with Crippen LogP contribution in [-0.2, 0) is 6.61 Å². The molecule has 0 bridgehead atoms. The summed E-state index contributed by atoms with van der Waals surface area (Å²) in [5.74, 6) is 0.568. The Hall–Kier alpha value is -4.18. The number of halogens is 1. The smallest absolute Gasteiger partial charge is 0.270 e. The van der Waals surface area contributed by atoms with Crippen molar-refractivity contribution in [3.8, 4) is 17.6 Å². The predicted molar refractivity (Wildman–Crippen MR) is 110 cm³/mol. The molecule has 0 radical (unpaired) electrons. The third kappa shape index (κ3) is 5.00. The molecule has 0 spiro atoms. The second-order valence-corrected chi connectivity index (χ2v) is 6.31. The van der Waals surface area contributed by atoms with Crippen LogP contribution in [0.5, 0.6) is 11.5 Å². The number of nitriles is 1. The molecular formula is C23H17FN2O4. The normalized spacial score (nSPS) is 10.9. The van der Waals surface area contributed by atoms with Crippen molar-refractivity contribution in [1.82, 2.24) is 0 Å². The summed E-state index contributed by atoms with van der Waals surface area (Å²) in [6, 6.07) is 19.2. The molecule has 7 heteroatoms. The van der Waals surface area contributed by atoms with Gasteiger partial charge in [-0.1, -0.05) is 30.3 Å². The van der Waals surface area contributed by atoms with Gasteiger partial charge in [-0.2, -0.15) is 5.26 Å². The molecule has 0 atom stereocenters. The van der Waals surface area contributed by atoms with Crippen LogP contribution in [0.2, 0.25) is 0 Å². The van der Waals surface area contributed by atoms with Crippen LogP contribution in [0.15, 0.2) is 66.7 Å². The van der Waals surface area contributed by atoms with Gasteiger partial charge in [0.05, 0.1) is 23.7 Å². The number of rotatable bonds is 7. The Balaban J connectivity index is 1.85. The molecule has 0 heterocycles. The number of nitrogens with zero attached hydrogens (tertiary/aromatic N) is 2. The van der Waals surface area contributed by atoms with Gasteiger partial charge in [-0.15, -0.1) is 0 Å². The van der Waals surface area contributed by atoms with Gasteiger partial charge in [0.2, 0.25) is 0 Å². The molecule has 150 valence electrons. The molecule has 0 N–H and O–H groups in total. The number of methoxy groups -OCH3 is 1. The van der Waals surface area contributed by atoms with Gasteiger partial charge in [0.15, 0.2) is 11.5 Å². The predicted octanol–water partition coefficient (Wildman–Crippen LogP) is 5.39. The zero-order chi connectivity index (χ0) is 21.5. The molecular weight excluding hydrogens is 387 g/mol. The van der Waals surface area contributed by atoms with Crippen molar-refractivity contribution >= 4 is 17.3 Å². The quantitative estimate of drug-likeness (QED) is 0.228. The Morgan fingerprint density at radius 2 is 1.93 bits per heavy atom. The van der Waals surface area contributed by atoms with Gasteiger partial charge >= 0.3 is 0 Å². The molecule has 30 heavy (non-hydrogen) atoms. The molecule has 0 aromatic heterocycles. The molecule has 0 saturated carbocycles. The lowest BCUT2D eigenvalue weighted by Gasteiger charge is -2.12. The Labute approximate surface area is 172 Å². The molecule has 0 aliphatic carbocycles. The van der Waals surface area contributed by atoms with Gasteiger partial charge in [-0.3, -0.25) is 10.1 Å².